The van der Waals surface area contributed by atoms with Gasteiger partial charge in [-0.25, -0.2) is 5.43 Å². The predicted octanol–water partition coefficient (Wildman–Crippen LogP) is 4.86. The number of non-ortho nitro benzene ring substituents is 1. The molecular weight excluding hydrogens is 506 g/mol. The summed E-state index contributed by atoms with van der Waals surface area (Å²) in [5, 5.41) is 14.8. The molecule has 34 heavy (non-hydrogen) atoms. The van der Waals surface area contributed by atoms with E-state index in [1.807, 2.05) is 25.1 Å². The van der Waals surface area contributed by atoms with Crippen molar-refractivity contribution in [2.75, 3.05) is 13.2 Å². The second kappa shape index (κ2) is 12.4. The van der Waals surface area contributed by atoms with Gasteiger partial charge in [0.15, 0.2) is 18.1 Å². The van der Waals surface area contributed by atoms with Crippen LogP contribution in [0.3, 0.4) is 0 Å². The molecule has 0 aliphatic rings. The van der Waals surface area contributed by atoms with E-state index < -0.39 is 10.8 Å². The molecule has 0 atom stereocenters. The van der Waals surface area contributed by atoms with Crippen molar-refractivity contribution in [2.45, 2.75) is 13.5 Å². The van der Waals surface area contributed by atoms with Crippen LogP contribution in [-0.2, 0) is 11.4 Å². The Labute approximate surface area is 204 Å². The number of nitro groups is 1. The zero-order valence-corrected chi connectivity index (χ0v) is 19.9. The van der Waals surface area contributed by atoms with Gasteiger partial charge in [0, 0.05) is 12.1 Å². The molecular formula is C24H22BrN3O6. The van der Waals surface area contributed by atoms with E-state index in [0.29, 0.717) is 33.9 Å². The second-order valence-electron chi connectivity index (χ2n) is 6.87. The van der Waals surface area contributed by atoms with Crippen molar-refractivity contribution in [3.8, 4) is 17.2 Å². The summed E-state index contributed by atoms with van der Waals surface area (Å²) in [7, 11) is 0. The minimum Gasteiger partial charge on any atom is -0.490 e. The number of carbonyl (C=O) groups excluding carboxylic acids is 1. The summed E-state index contributed by atoms with van der Waals surface area (Å²) in [6.45, 7) is 2.29. The first kappa shape index (κ1) is 24.7. The molecule has 3 aromatic carbocycles. The van der Waals surface area contributed by atoms with Crippen molar-refractivity contribution in [2.24, 2.45) is 5.10 Å². The molecule has 0 aliphatic heterocycles. The average Bonchev–Trinajstić information content (AvgIpc) is 2.83. The number of nitro benzene ring substituents is 1. The Bertz CT molecular complexity index is 1150. The third kappa shape index (κ3) is 7.31. The number of hydrogen-bond acceptors (Lipinski definition) is 7. The van der Waals surface area contributed by atoms with Gasteiger partial charge < -0.3 is 14.2 Å². The summed E-state index contributed by atoms with van der Waals surface area (Å²) in [5.74, 6) is 1.17. The van der Waals surface area contributed by atoms with Gasteiger partial charge in [-0.15, -0.1) is 0 Å². The maximum absolute atomic E-state index is 11.9. The number of carbonyl (C=O) groups is 1. The third-order valence-electron chi connectivity index (χ3n) is 4.38. The van der Waals surface area contributed by atoms with Crippen LogP contribution >= 0.6 is 15.9 Å². The fourth-order valence-corrected chi connectivity index (χ4v) is 3.39. The second-order valence-corrected chi connectivity index (χ2v) is 7.72. The van der Waals surface area contributed by atoms with Crippen LogP contribution in [0, 0.1) is 10.1 Å². The number of nitrogens with zero attached hydrogens (tertiary/aromatic N) is 2. The Balaban J connectivity index is 1.61. The number of hydrogen-bond donors (Lipinski definition) is 1. The molecule has 10 heteroatoms. The van der Waals surface area contributed by atoms with E-state index in [1.165, 1.54) is 18.3 Å². The molecule has 0 saturated heterocycles. The predicted molar refractivity (Wildman–Crippen MR) is 130 cm³/mol. The average molecular weight is 528 g/mol. The molecule has 0 aliphatic carbocycles. The van der Waals surface area contributed by atoms with E-state index in [9.17, 15) is 14.9 Å². The van der Waals surface area contributed by atoms with Gasteiger partial charge in [0.1, 0.15) is 12.4 Å². The summed E-state index contributed by atoms with van der Waals surface area (Å²) in [5.41, 5.74) is 3.87. The fraction of sp³-hybridized carbons (Fsp3) is 0.167. The van der Waals surface area contributed by atoms with E-state index in [-0.39, 0.29) is 18.9 Å². The molecule has 0 unspecified atom stereocenters. The monoisotopic (exact) mass is 527 g/mol. The van der Waals surface area contributed by atoms with Crippen molar-refractivity contribution in [3.63, 3.8) is 0 Å². The normalized spacial score (nSPS) is 10.6. The summed E-state index contributed by atoms with van der Waals surface area (Å²) in [6, 6.07) is 18.6. The Kier molecular flexibility index (Phi) is 8.98. The first-order valence-electron chi connectivity index (χ1n) is 10.3. The standard InChI is InChI=1S/C24H22BrN3O6/c1-2-32-22-13-18(14-26-27-23(29)16-33-20-6-4-3-5-7-20)12-21(25)24(22)34-15-17-8-10-19(11-9-17)28(30)31/h3-14H,2,15-16H2,1H3,(H,27,29)/b26-14-. The quantitative estimate of drug-likeness (QED) is 0.216. The molecule has 176 valence electrons. The van der Waals surface area contributed by atoms with Gasteiger partial charge in [0.25, 0.3) is 11.6 Å². The molecule has 0 aromatic heterocycles. The SMILES string of the molecule is CCOc1cc(/C=N\NC(=O)COc2ccccc2)cc(Br)c1OCc1ccc([N+](=O)[O-])cc1. The van der Waals surface area contributed by atoms with Gasteiger partial charge in [-0.1, -0.05) is 18.2 Å². The molecule has 0 spiro atoms. The van der Waals surface area contributed by atoms with Gasteiger partial charge >= 0.3 is 0 Å². The van der Waals surface area contributed by atoms with Crippen LogP contribution in [0.4, 0.5) is 5.69 Å². The number of halogens is 1. The van der Waals surface area contributed by atoms with Crippen molar-refractivity contribution >= 4 is 33.7 Å². The van der Waals surface area contributed by atoms with Gasteiger partial charge in [-0.3, -0.25) is 14.9 Å². The van der Waals surface area contributed by atoms with Crippen molar-refractivity contribution in [3.05, 3.63) is 92.4 Å². The molecule has 0 heterocycles. The molecule has 1 amide bonds. The van der Waals surface area contributed by atoms with Crippen LogP contribution < -0.4 is 19.6 Å². The number of para-hydroxylation sites is 1. The Morgan fingerprint density at radius 2 is 1.82 bits per heavy atom. The summed E-state index contributed by atoms with van der Waals surface area (Å²) in [4.78, 5) is 22.3. The fourth-order valence-electron chi connectivity index (χ4n) is 2.81. The lowest BCUT2D eigenvalue weighted by Crippen LogP contribution is -2.24. The van der Waals surface area contributed by atoms with Crippen LogP contribution in [0.1, 0.15) is 18.1 Å². The van der Waals surface area contributed by atoms with E-state index in [0.717, 1.165) is 5.56 Å². The van der Waals surface area contributed by atoms with Gasteiger partial charge in [-0.2, -0.15) is 5.10 Å². The van der Waals surface area contributed by atoms with Crippen LogP contribution in [0.5, 0.6) is 17.2 Å². The lowest BCUT2D eigenvalue weighted by molar-refractivity contribution is -0.384. The minimum absolute atomic E-state index is 0.0160. The topological polar surface area (TPSA) is 112 Å². The number of ether oxygens (including phenoxy) is 3. The molecule has 0 radical (unpaired) electrons. The van der Waals surface area contributed by atoms with E-state index in [2.05, 4.69) is 26.5 Å². The largest absolute Gasteiger partial charge is 0.490 e. The van der Waals surface area contributed by atoms with Gasteiger partial charge in [0.05, 0.1) is 22.2 Å². The van der Waals surface area contributed by atoms with Crippen molar-refractivity contribution in [1.29, 1.82) is 0 Å². The van der Waals surface area contributed by atoms with Crippen LogP contribution in [-0.4, -0.2) is 30.3 Å². The highest BCUT2D eigenvalue weighted by molar-refractivity contribution is 9.10. The minimum atomic E-state index is -0.451. The number of rotatable bonds is 11. The van der Waals surface area contributed by atoms with Crippen LogP contribution in [0.15, 0.2) is 76.3 Å². The number of hydrazone groups is 1. The van der Waals surface area contributed by atoms with Crippen LogP contribution in [0.25, 0.3) is 0 Å². The lowest BCUT2D eigenvalue weighted by atomic mass is 10.2. The molecule has 0 bridgehead atoms. The summed E-state index contributed by atoms with van der Waals surface area (Å²) >= 11 is 3.48. The highest BCUT2D eigenvalue weighted by atomic mass is 79.9. The van der Waals surface area contributed by atoms with Crippen molar-refractivity contribution < 1.29 is 23.9 Å². The highest BCUT2D eigenvalue weighted by Crippen LogP contribution is 2.37. The zero-order chi connectivity index (χ0) is 24.3. The first-order chi connectivity index (χ1) is 16.5. The number of nitrogens with one attached hydrogen (secondary N) is 1. The molecule has 3 rings (SSSR count). The van der Waals surface area contributed by atoms with E-state index in [4.69, 9.17) is 14.2 Å². The first-order valence-corrected chi connectivity index (χ1v) is 11.1. The van der Waals surface area contributed by atoms with Gasteiger partial charge in [0.2, 0.25) is 0 Å². The summed E-state index contributed by atoms with van der Waals surface area (Å²) < 4.78 is 17.6. The van der Waals surface area contributed by atoms with E-state index >= 15 is 0 Å². The lowest BCUT2D eigenvalue weighted by Gasteiger charge is -2.14. The van der Waals surface area contributed by atoms with Gasteiger partial charge in [-0.05, 0) is 70.4 Å². The van der Waals surface area contributed by atoms with Crippen molar-refractivity contribution in [1.82, 2.24) is 5.43 Å². The van der Waals surface area contributed by atoms with E-state index in [1.54, 1.807) is 36.4 Å². The molecule has 0 saturated carbocycles. The highest BCUT2D eigenvalue weighted by Gasteiger charge is 2.13. The number of amides is 1. The Hall–Kier alpha value is -3.92. The maximum Gasteiger partial charge on any atom is 0.277 e. The van der Waals surface area contributed by atoms with Crippen LogP contribution in [0.2, 0.25) is 0 Å². The zero-order valence-electron chi connectivity index (χ0n) is 18.3. The molecule has 0 fully saturated rings. The molecule has 1 N–H and O–H groups in total. The smallest absolute Gasteiger partial charge is 0.277 e. The molecule has 3 aromatic rings. The third-order valence-corrected chi connectivity index (χ3v) is 4.97. The summed E-state index contributed by atoms with van der Waals surface area (Å²) in [6.07, 6.45) is 1.48. The Morgan fingerprint density at radius 1 is 1.09 bits per heavy atom. The molecule has 9 nitrogen and oxygen atoms in total. The maximum atomic E-state index is 11.9. The Morgan fingerprint density at radius 3 is 2.50 bits per heavy atom. The number of benzene rings is 3.